The van der Waals surface area contributed by atoms with Crippen molar-refractivity contribution >= 4 is 11.9 Å². The van der Waals surface area contributed by atoms with Gasteiger partial charge in [0.05, 0.1) is 12.4 Å². The van der Waals surface area contributed by atoms with Crippen molar-refractivity contribution in [1.29, 1.82) is 0 Å². The number of carbonyl (C=O) groups is 2. The number of furan rings is 1. The van der Waals surface area contributed by atoms with Gasteiger partial charge in [-0.2, -0.15) is 0 Å². The molecular weight excluding hydrogens is 444 g/mol. The summed E-state index contributed by atoms with van der Waals surface area (Å²) < 4.78 is 23.2. The van der Waals surface area contributed by atoms with Crippen molar-refractivity contribution in [2.24, 2.45) is 5.41 Å². The Balaban J connectivity index is 1.37. The van der Waals surface area contributed by atoms with E-state index in [9.17, 15) is 9.59 Å². The van der Waals surface area contributed by atoms with E-state index in [1.807, 2.05) is 79.7 Å². The molecule has 6 nitrogen and oxygen atoms in total. The molecule has 0 amide bonds. The van der Waals surface area contributed by atoms with E-state index in [4.69, 9.17) is 18.6 Å². The van der Waals surface area contributed by atoms with Crippen molar-refractivity contribution in [3.8, 4) is 0 Å². The molecule has 3 aromatic rings. The molecule has 0 saturated carbocycles. The SMILES string of the molecule is C[C@H]1O[C@@H](c2ccco2)CC2=C1CC(C(=O)OCc1ccccc1)(C(=O)OCc1ccccc1)C2. The van der Waals surface area contributed by atoms with Crippen LogP contribution < -0.4 is 0 Å². The molecule has 5 rings (SSSR count). The molecule has 1 aromatic heterocycles. The van der Waals surface area contributed by atoms with Crippen molar-refractivity contribution in [2.75, 3.05) is 0 Å². The highest BCUT2D eigenvalue weighted by Gasteiger charge is 2.56. The average molecular weight is 473 g/mol. The van der Waals surface area contributed by atoms with E-state index in [0.29, 0.717) is 6.42 Å². The Labute approximate surface area is 204 Å². The lowest BCUT2D eigenvalue weighted by Crippen LogP contribution is -2.40. The van der Waals surface area contributed by atoms with Crippen LogP contribution in [0.1, 0.15) is 49.2 Å². The summed E-state index contributed by atoms with van der Waals surface area (Å²) in [5, 5.41) is 0. The van der Waals surface area contributed by atoms with Gasteiger partial charge in [0, 0.05) is 6.42 Å². The maximum atomic E-state index is 13.5. The molecule has 0 radical (unpaired) electrons. The fraction of sp³-hybridized carbons (Fsp3) is 0.310. The molecule has 0 unspecified atom stereocenters. The normalized spacial score (nSPS) is 20.8. The molecule has 2 aromatic carbocycles. The van der Waals surface area contributed by atoms with E-state index < -0.39 is 17.4 Å². The van der Waals surface area contributed by atoms with Gasteiger partial charge in [-0.05, 0) is 48.6 Å². The second kappa shape index (κ2) is 9.92. The number of benzene rings is 2. The number of ether oxygens (including phenoxy) is 3. The standard InChI is InChI=1S/C29H28O6/c1-20-24-17-29(27(30)33-18-21-9-4-2-5-10-21,28(31)34-19-22-11-6-3-7-12-22)16-23(24)15-26(35-20)25-13-8-14-32-25/h2-14,20,26H,15-19H2,1H3/t20-,26-/m1/s1. The molecule has 0 bridgehead atoms. The van der Waals surface area contributed by atoms with Crippen LogP contribution in [-0.2, 0) is 37.0 Å². The highest BCUT2D eigenvalue weighted by atomic mass is 16.6. The molecule has 2 heterocycles. The maximum absolute atomic E-state index is 13.5. The van der Waals surface area contributed by atoms with Gasteiger partial charge in [0.2, 0.25) is 0 Å². The first kappa shape index (κ1) is 23.1. The van der Waals surface area contributed by atoms with Gasteiger partial charge in [0.25, 0.3) is 0 Å². The fourth-order valence-electron chi connectivity index (χ4n) is 4.96. The molecule has 2 atom stereocenters. The minimum Gasteiger partial charge on any atom is -0.467 e. The Morgan fingerprint density at radius 1 is 0.857 bits per heavy atom. The Kier molecular flexibility index (Phi) is 6.55. The summed E-state index contributed by atoms with van der Waals surface area (Å²) >= 11 is 0. The Morgan fingerprint density at radius 2 is 1.46 bits per heavy atom. The summed E-state index contributed by atoms with van der Waals surface area (Å²) in [6.07, 6.45) is 2.17. The molecule has 0 fully saturated rings. The van der Waals surface area contributed by atoms with E-state index >= 15 is 0 Å². The largest absolute Gasteiger partial charge is 0.467 e. The molecule has 1 aliphatic heterocycles. The van der Waals surface area contributed by atoms with E-state index in [1.54, 1.807) is 6.26 Å². The zero-order valence-corrected chi connectivity index (χ0v) is 19.6. The highest BCUT2D eigenvalue weighted by Crippen LogP contribution is 2.51. The molecule has 180 valence electrons. The van der Waals surface area contributed by atoms with E-state index in [0.717, 1.165) is 28.0 Å². The average Bonchev–Trinajstić information content (AvgIpc) is 3.56. The van der Waals surface area contributed by atoms with E-state index in [2.05, 4.69) is 0 Å². The number of hydrogen-bond acceptors (Lipinski definition) is 6. The zero-order valence-electron chi connectivity index (χ0n) is 19.6. The van der Waals surface area contributed by atoms with Crippen molar-refractivity contribution in [3.05, 3.63) is 107 Å². The number of rotatable bonds is 7. The van der Waals surface area contributed by atoms with Gasteiger partial charge in [-0.25, -0.2) is 0 Å². The van der Waals surface area contributed by atoms with Gasteiger partial charge >= 0.3 is 11.9 Å². The van der Waals surface area contributed by atoms with Crippen molar-refractivity contribution in [2.45, 2.75) is 51.6 Å². The van der Waals surface area contributed by atoms with Crippen LogP contribution in [0.3, 0.4) is 0 Å². The van der Waals surface area contributed by atoms with E-state index in [-0.39, 0.29) is 38.3 Å². The minimum atomic E-state index is -1.43. The maximum Gasteiger partial charge on any atom is 0.324 e. The quantitative estimate of drug-likeness (QED) is 0.250. The summed E-state index contributed by atoms with van der Waals surface area (Å²) in [5.41, 5.74) is 2.31. The van der Waals surface area contributed by atoms with Crippen molar-refractivity contribution in [3.63, 3.8) is 0 Å². The third-order valence-electron chi connectivity index (χ3n) is 6.82. The topological polar surface area (TPSA) is 75.0 Å². The molecule has 0 N–H and O–H groups in total. The molecule has 0 saturated heterocycles. The van der Waals surface area contributed by atoms with Crippen molar-refractivity contribution < 1.29 is 28.2 Å². The summed E-state index contributed by atoms with van der Waals surface area (Å²) in [7, 11) is 0. The van der Waals surface area contributed by atoms with Crippen LogP contribution in [0.25, 0.3) is 0 Å². The van der Waals surface area contributed by atoms with Gasteiger partial charge in [-0.1, -0.05) is 66.2 Å². The van der Waals surface area contributed by atoms with Gasteiger partial charge in [-0.3, -0.25) is 9.59 Å². The van der Waals surface area contributed by atoms with Crippen LogP contribution >= 0.6 is 0 Å². The predicted molar refractivity (Wildman–Crippen MR) is 128 cm³/mol. The Bertz CT molecular complexity index is 1140. The Hall–Kier alpha value is -3.64. The molecule has 35 heavy (non-hydrogen) atoms. The summed E-state index contributed by atoms with van der Waals surface area (Å²) in [4.78, 5) is 27.1. The third-order valence-corrected chi connectivity index (χ3v) is 6.82. The van der Waals surface area contributed by atoms with Crippen molar-refractivity contribution in [1.82, 2.24) is 0 Å². The summed E-state index contributed by atoms with van der Waals surface area (Å²) in [6.45, 7) is 2.14. The number of hydrogen-bond donors (Lipinski definition) is 0. The molecule has 1 aliphatic carbocycles. The lowest BCUT2D eigenvalue weighted by molar-refractivity contribution is -0.173. The van der Waals surface area contributed by atoms with Gasteiger partial charge in [-0.15, -0.1) is 0 Å². The molecule has 2 aliphatic rings. The lowest BCUT2D eigenvalue weighted by Gasteiger charge is -2.28. The zero-order chi connectivity index (χ0) is 24.3. The van der Waals surface area contributed by atoms with E-state index in [1.165, 1.54) is 0 Å². The van der Waals surface area contributed by atoms with Gasteiger partial charge in [0.15, 0.2) is 5.41 Å². The van der Waals surface area contributed by atoms with Crippen LogP contribution in [0.2, 0.25) is 0 Å². The van der Waals surface area contributed by atoms with Crippen LogP contribution in [0.5, 0.6) is 0 Å². The second-order valence-corrected chi connectivity index (χ2v) is 9.17. The van der Waals surface area contributed by atoms with Crippen LogP contribution in [-0.4, -0.2) is 18.0 Å². The van der Waals surface area contributed by atoms with Gasteiger partial charge < -0.3 is 18.6 Å². The predicted octanol–water partition coefficient (Wildman–Crippen LogP) is 5.69. The molecule has 6 heteroatoms. The fourth-order valence-corrected chi connectivity index (χ4v) is 4.96. The number of carbonyl (C=O) groups excluding carboxylic acids is 2. The first-order chi connectivity index (χ1) is 17.0. The van der Waals surface area contributed by atoms with Crippen LogP contribution in [0.4, 0.5) is 0 Å². The van der Waals surface area contributed by atoms with Crippen LogP contribution in [0.15, 0.2) is 94.6 Å². The first-order valence-electron chi connectivity index (χ1n) is 11.9. The summed E-state index contributed by atoms with van der Waals surface area (Å²) in [6, 6.07) is 22.6. The van der Waals surface area contributed by atoms with Gasteiger partial charge in [0.1, 0.15) is 25.1 Å². The third kappa shape index (κ3) is 4.80. The molecular formula is C29H28O6. The lowest BCUT2D eigenvalue weighted by atomic mass is 9.83. The summed E-state index contributed by atoms with van der Waals surface area (Å²) in [5.74, 6) is -0.384. The Morgan fingerprint density at radius 3 is 2.00 bits per heavy atom. The minimum absolute atomic E-state index is 0.0964. The smallest absolute Gasteiger partial charge is 0.324 e. The number of esters is 2. The van der Waals surface area contributed by atoms with Crippen LogP contribution in [0, 0.1) is 5.41 Å². The highest BCUT2D eigenvalue weighted by molar-refractivity contribution is 6.01. The molecule has 0 spiro atoms. The first-order valence-corrected chi connectivity index (χ1v) is 11.9. The monoisotopic (exact) mass is 472 g/mol. The second-order valence-electron chi connectivity index (χ2n) is 9.17.